The fourth-order valence-corrected chi connectivity index (χ4v) is 3.74. The summed E-state index contributed by atoms with van der Waals surface area (Å²) in [5.41, 5.74) is 1.43. The van der Waals surface area contributed by atoms with Gasteiger partial charge in [-0.2, -0.15) is 11.3 Å². The van der Waals surface area contributed by atoms with E-state index in [0.717, 1.165) is 5.69 Å². The summed E-state index contributed by atoms with van der Waals surface area (Å²) in [6.07, 6.45) is 1.73. The Labute approximate surface area is 150 Å². The van der Waals surface area contributed by atoms with E-state index in [1.807, 2.05) is 30.7 Å². The third kappa shape index (κ3) is 4.44. The second-order valence-corrected chi connectivity index (χ2v) is 8.15. The Morgan fingerprint density at radius 2 is 2.00 bits per heavy atom. The van der Waals surface area contributed by atoms with Crippen LogP contribution in [-0.4, -0.2) is 29.5 Å². The Morgan fingerprint density at radius 3 is 2.64 bits per heavy atom. The van der Waals surface area contributed by atoms with E-state index < -0.39 is 10.0 Å². The van der Waals surface area contributed by atoms with Crippen molar-refractivity contribution in [1.29, 1.82) is 0 Å². The van der Waals surface area contributed by atoms with E-state index in [4.69, 9.17) is 4.74 Å². The first-order valence-electron chi connectivity index (χ1n) is 7.64. The van der Waals surface area contributed by atoms with Crippen molar-refractivity contribution < 1.29 is 13.2 Å². The van der Waals surface area contributed by atoms with Crippen molar-refractivity contribution in [3.05, 3.63) is 53.0 Å². The fraction of sp³-hybridized carbons (Fsp3) is 0.250. The SMILES string of the molecule is CC(C)Oc1ccc(S(=O)(=O)NCc2cn(-c3ccsc3)nn2)cc1. The lowest BCUT2D eigenvalue weighted by atomic mass is 10.3. The normalized spacial score (nSPS) is 11.8. The van der Waals surface area contributed by atoms with Gasteiger partial charge in [0.2, 0.25) is 10.0 Å². The second-order valence-electron chi connectivity index (χ2n) is 5.60. The highest BCUT2D eigenvalue weighted by molar-refractivity contribution is 7.89. The lowest BCUT2D eigenvalue weighted by Crippen LogP contribution is -2.23. The largest absolute Gasteiger partial charge is 0.491 e. The van der Waals surface area contributed by atoms with Crippen LogP contribution >= 0.6 is 11.3 Å². The number of ether oxygens (including phenoxy) is 1. The molecule has 2 heterocycles. The molecular formula is C16H18N4O3S2. The first-order valence-corrected chi connectivity index (χ1v) is 10.1. The third-order valence-electron chi connectivity index (χ3n) is 3.26. The molecule has 0 aliphatic heterocycles. The van der Waals surface area contributed by atoms with Crippen molar-refractivity contribution in [1.82, 2.24) is 19.7 Å². The zero-order valence-corrected chi connectivity index (χ0v) is 15.4. The Hall–Kier alpha value is -2.23. The highest BCUT2D eigenvalue weighted by Crippen LogP contribution is 2.17. The topological polar surface area (TPSA) is 86.1 Å². The molecule has 0 saturated heterocycles. The molecule has 0 bridgehead atoms. The maximum absolute atomic E-state index is 12.4. The molecule has 0 saturated carbocycles. The number of benzene rings is 1. The van der Waals surface area contributed by atoms with Gasteiger partial charge in [-0.25, -0.2) is 17.8 Å². The molecule has 0 spiro atoms. The first kappa shape index (κ1) is 17.6. The summed E-state index contributed by atoms with van der Waals surface area (Å²) in [7, 11) is -3.63. The summed E-state index contributed by atoms with van der Waals surface area (Å²) >= 11 is 1.55. The molecule has 0 unspecified atom stereocenters. The van der Waals surface area contributed by atoms with Crippen LogP contribution in [0.25, 0.3) is 5.69 Å². The summed E-state index contributed by atoms with van der Waals surface area (Å²) in [6, 6.07) is 8.22. The van der Waals surface area contributed by atoms with Gasteiger partial charge >= 0.3 is 0 Å². The average molecular weight is 378 g/mol. The quantitative estimate of drug-likeness (QED) is 0.683. The first-order chi connectivity index (χ1) is 11.9. The number of nitrogens with zero attached hydrogens (tertiary/aromatic N) is 3. The monoisotopic (exact) mass is 378 g/mol. The summed E-state index contributed by atoms with van der Waals surface area (Å²) in [6.45, 7) is 3.89. The lowest BCUT2D eigenvalue weighted by molar-refractivity contribution is 0.242. The summed E-state index contributed by atoms with van der Waals surface area (Å²) < 4.78 is 34.4. The number of hydrogen-bond donors (Lipinski definition) is 1. The zero-order chi connectivity index (χ0) is 17.9. The standard InChI is InChI=1S/C16H18N4O3S2/c1-12(2)23-15-3-5-16(6-4-15)25(21,22)17-9-13-10-20(19-18-13)14-7-8-24-11-14/h3-8,10-12,17H,9H2,1-2H3. The molecule has 0 radical (unpaired) electrons. The van der Waals surface area contributed by atoms with Crippen LogP contribution in [0.2, 0.25) is 0 Å². The number of rotatable bonds is 7. The van der Waals surface area contributed by atoms with Crippen LogP contribution in [0, 0.1) is 0 Å². The number of sulfonamides is 1. The molecule has 7 nitrogen and oxygen atoms in total. The van der Waals surface area contributed by atoms with Gasteiger partial charge in [0.25, 0.3) is 0 Å². The van der Waals surface area contributed by atoms with E-state index in [-0.39, 0.29) is 17.5 Å². The van der Waals surface area contributed by atoms with E-state index in [1.165, 1.54) is 12.1 Å². The molecular weight excluding hydrogens is 360 g/mol. The number of thiophene rings is 1. The Morgan fingerprint density at radius 1 is 1.24 bits per heavy atom. The molecule has 1 aromatic carbocycles. The van der Waals surface area contributed by atoms with Gasteiger partial charge < -0.3 is 4.74 Å². The molecule has 0 aliphatic rings. The number of hydrogen-bond acceptors (Lipinski definition) is 6. The van der Waals surface area contributed by atoms with Crippen LogP contribution in [0.15, 0.2) is 52.2 Å². The molecule has 3 rings (SSSR count). The van der Waals surface area contributed by atoms with Crippen LogP contribution in [0.5, 0.6) is 5.75 Å². The van der Waals surface area contributed by atoms with E-state index in [9.17, 15) is 8.42 Å². The van der Waals surface area contributed by atoms with Gasteiger partial charge in [-0.15, -0.1) is 5.10 Å². The van der Waals surface area contributed by atoms with E-state index in [1.54, 1.807) is 34.3 Å². The molecule has 0 atom stereocenters. The molecule has 9 heteroatoms. The van der Waals surface area contributed by atoms with Crippen LogP contribution in [0.4, 0.5) is 0 Å². The predicted octanol–water partition coefficient (Wildman–Crippen LogP) is 2.59. The maximum atomic E-state index is 12.4. The number of aromatic nitrogens is 3. The second kappa shape index (κ2) is 7.34. The van der Waals surface area contributed by atoms with E-state index in [0.29, 0.717) is 11.4 Å². The Balaban J connectivity index is 1.65. The van der Waals surface area contributed by atoms with Gasteiger partial charge in [-0.05, 0) is 49.6 Å². The van der Waals surface area contributed by atoms with Gasteiger partial charge in [0.05, 0.1) is 35.1 Å². The summed E-state index contributed by atoms with van der Waals surface area (Å²) in [4.78, 5) is 0.175. The molecule has 3 aromatic rings. The van der Waals surface area contributed by atoms with Gasteiger partial charge in [-0.1, -0.05) is 5.21 Å². The summed E-state index contributed by atoms with van der Waals surface area (Å²) in [5.74, 6) is 0.632. The van der Waals surface area contributed by atoms with Gasteiger partial charge in [0, 0.05) is 5.38 Å². The van der Waals surface area contributed by atoms with Gasteiger partial charge in [-0.3, -0.25) is 0 Å². The van der Waals surface area contributed by atoms with Crippen LogP contribution in [0.3, 0.4) is 0 Å². The van der Waals surface area contributed by atoms with Crippen molar-refractivity contribution in [2.24, 2.45) is 0 Å². The third-order valence-corrected chi connectivity index (χ3v) is 5.35. The van der Waals surface area contributed by atoms with Crippen LogP contribution in [-0.2, 0) is 16.6 Å². The van der Waals surface area contributed by atoms with Gasteiger partial charge in [0.1, 0.15) is 5.75 Å². The average Bonchev–Trinajstić information content (AvgIpc) is 3.24. The van der Waals surface area contributed by atoms with Crippen molar-refractivity contribution in [3.63, 3.8) is 0 Å². The Kier molecular flexibility index (Phi) is 5.16. The zero-order valence-electron chi connectivity index (χ0n) is 13.8. The minimum Gasteiger partial charge on any atom is -0.491 e. The predicted molar refractivity (Wildman–Crippen MR) is 95.5 cm³/mol. The molecule has 0 fully saturated rings. The molecule has 1 N–H and O–H groups in total. The smallest absolute Gasteiger partial charge is 0.240 e. The molecule has 2 aromatic heterocycles. The van der Waals surface area contributed by atoms with Crippen molar-refractivity contribution in [2.75, 3.05) is 0 Å². The maximum Gasteiger partial charge on any atom is 0.240 e. The lowest BCUT2D eigenvalue weighted by Gasteiger charge is -2.10. The summed E-state index contributed by atoms with van der Waals surface area (Å²) in [5, 5.41) is 11.9. The molecule has 0 amide bonds. The van der Waals surface area contributed by atoms with Crippen molar-refractivity contribution in [2.45, 2.75) is 31.4 Å². The fourth-order valence-electron chi connectivity index (χ4n) is 2.12. The molecule has 0 aliphatic carbocycles. The highest BCUT2D eigenvalue weighted by Gasteiger charge is 2.15. The van der Waals surface area contributed by atoms with E-state index in [2.05, 4.69) is 15.0 Å². The van der Waals surface area contributed by atoms with Crippen LogP contribution in [0.1, 0.15) is 19.5 Å². The van der Waals surface area contributed by atoms with Crippen molar-refractivity contribution in [3.8, 4) is 11.4 Å². The minimum absolute atomic E-state index is 0.0337. The Bertz CT molecular complexity index is 917. The van der Waals surface area contributed by atoms with Gasteiger partial charge in [0.15, 0.2) is 0 Å². The molecule has 25 heavy (non-hydrogen) atoms. The van der Waals surface area contributed by atoms with E-state index >= 15 is 0 Å². The minimum atomic E-state index is -3.63. The molecule has 132 valence electrons. The highest BCUT2D eigenvalue weighted by atomic mass is 32.2. The number of nitrogens with one attached hydrogen (secondary N) is 1. The van der Waals surface area contributed by atoms with Crippen molar-refractivity contribution >= 4 is 21.4 Å². The van der Waals surface area contributed by atoms with Crippen LogP contribution < -0.4 is 9.46 Å².